The molecule has 0 rings (SSSR count). The van der Waals surface area contributed by atoms with Gasteiger partial charge in [0.25, 0.3) is 0 Å². The Morgan fingerprint density at radius 2 is 0.818 bits per heavy atom. The Morgan fingerprint density at radius 3 is 1.30 bits per heavy atom. The molecule has 0 radical (unpaired) electrons. The van der Waals surface area contributed by atoms with E-state index in [4.69, 9.17) is 4.74 Å². The van der Waals surface area contributed by atoms with E-state index in [9.17, 15) is 19.8 Å². The molecule has 0 fully saturated rings. The number of unbranched alkanes of at least 4 members (excludes halogenated alkanes) is 30. The third-order valence-electron chi connectivity index (χ3n) is 12.6. The van der Waals surface area contributed by atoms with E-state index in [2.05, 4.69) is 62.5 Å². The van der Waals surface area contributed by atoms with Gasteiger partial charge in [-0.15, -0.1) is 0 Å². The molecule has 0 spiro atoms. The number of carbonyl (C=O) groups is 2. The van der Waals surface area contributed by atoms with Crippen LogP contribution in [-0.4, -0.2) is 46.9 Å². The van der Waals surface area contributed by atoms with E-state index in [-0.39, 0.29) is 24.9 Å². The van der Waals surface area contributed by atoms with Crippen molar-refractivity contribution in [2.75, 3.05) is 6.61 Å². The standard InChI is InChI=1S/C60H107NO5/c1-4-7-10-13-16-19-22-25-28-31-33-36-39-42-45-48-51-56(66-60(65)53-50-47-44-41-38-35-30-27-24-21-18-15-12-9-6-3)54-59(64)61-57(55-62)58(63)52-49-46-43-40-37-34-32-29-26-23-20-17-14-11-8-5-2/h10,13,16,19,21-22,24-25,28,31,33,36,56-58,62-63H,4-9,11-12,14-15,17-18,20,23,26-27,29-30,32,34-35,37-55H2,1-3H3,(H,61,64)/b13-10+,19-16+,24-21-,25-22+,31-28+,36-33+. The molecule has 66 heavy (non-hydrogen) atoms. The Morgan fingerprint density at radius 1 is 0.439 bits per heavy atom. The smallest absolute Gasteiger partial charge is 0.306 e. The number of ether oxygens (including phenoxy) is 1. The second-order valence-electron chi connectivity index (χ2n) is 19.1. The summed E-state index contributed by atoms with van der Waals surface area (Å²) in [5.41, 5.74) is 0. The highest BCUT2D eigenvalue weighted by Crippen LogP contribution is 2.18. The summed E-state index contributed by atoms with van der Waals surface area (Å²) in [6.45, 7) is 6.39. The number of esters is 1. The highest BCUT2D eigenvalue weighted by Gasteiger charge is 2.24. The van der Waals surface area contributed by atoms with Crippen LogP contribution in [0.5, 0.6) is 0 Å². The van der Waals surface area contributed by atoms with Crippen molar-refractivity contribution in [1.29, 1.82) is 0 Å². The minimum absolute atomic E-state index is 0.0461. The first-order valence-electron chi connectivity index (χ1n) is 28.2. The van der Waals surface area contributed by atoms with Crippen LogP contribution in [0.4, 0.5) is 0 Å². The van der Waals surface area contributed by atoms with Crippen LogP contribution in [0.1, 0.15) is 271 Å². The van der Waals surface area contributed by atoms with Crippen molar-refractivity contribution in [3.05, 3.63) is 72.9 Å². The van der Waals surface area contributed by atoms with Crippen LogP contribution in [0.2, 0.25) is 0 Å². The Bertz CT molecular complexity index is 1220. The van der Waals surface area contributed by atoms with E-state index < -0.39 is 18.2 Å². The molecule has 0 aliphatic rings. The van der Waals surface area contributed by atoms with Gasteiger partial charge in [-0.1, -0.05) is 261 Å². The van der Waals surface area contributed by atoms with Crippen molar-refractivity contribution in [3.8, 4) is 0 Å². The Kier molecular flexibility index (Phi) is 51.1. The summed E-state index contributed by atoms with van der Waals surface area (Å²) in [5.74, 6) is -0.517. The minimum atomic E-state index is -0.804. The molecule has 382 valence electrons. The number of carbonyl (C=O) groups excluding carboxylic acids is 2. The molecule has 0 aromatic carbocycles. The molecular weight excluding hydrogens is 815 g/mol. The number of hydrogen-bond donors (Lipinski definition) is 3. The molecule has 0 bridgehead atoms. The van der Waals surface area contributed by atoms with Crippen molar-refractivity contribution in [3.63, 3.8) is 0 Å². The lowest BCUT2D eigenvalue weighted by molar-refractivity contribution is -0.151. The van der Waals surface area contributed by atoms with Gasteiger partial charge in [0.05, 0.1) is 25.2 Å². The van der Waals surface area contributed by atoms with E-state index in [1.807, 2.05) is 36.5 Å². The lowest BCUT2D eigenvalue weighted by Gasteiger charge is -2.24. The largest absolute Gasteiger partial charge is 0.462 e. The van der Waals surface area contributed by atoms with Crippen molar-refractivity contribution in [1.82, 2.24) is 5.32 Å². The van der Waals surface area contributed by atoms with E-state index in [0.717, 1.165) is 70.6 Å². The van der Waals surface area contributed by atoms with Gasteiger partial charge in [-0.25, -0.2) is 0 Å². The van der Waals surface area contributed by atoms with Gasteiger partial charge in [0.2, 0.25) is 5.91 Å². The quantitative estimate of drug-likeness (QED) is 0.0244. The minimum Gasteiger partial charge on any atom is -0.462 e. The Hall–Kier alpha value is -2.70. The van der Waals surface area contributed by atoms with Gasteiger partial charge < -0.3 is 20.3 Å². The van der Waals surface area contributed by atoms with Crippen molar-refractivity contribution < 1.29 is 24.5 Å². The summed E-state index contributed by atoms with van der Waals surface area (Å²) in [6.07, 6.45) is 68.1. The van der Waals surface area contributed by atoms with Gasteiger partial charge in [0.15, 0.2) is 0 Å². The first-order chi connectivity index (χ1) is 32.5. The van der Waals surface area contributed by atoms with E-state index in [1.165, 1.54) is 154 Å². The third-order valence-corrected chi connectivity index (χ3v) is 12.6. The summed E-state index contributed by atoms with van der Waals surface area (Å²) in [6, 6.07) is -0.720. The second kappa shape index (κ2) is 53.3. The summed E-state index contributed by atoms with van der Waals surface area (Å²) in [7, 11) is 0. The maximum Gasteiger partial charge on any atom is 0.306 e. The molecule has 0 aromatic rings. The molecule has 0 aliphatic carbocycles. The van der Waals surface area contributed by atoms with Crippen LogP contribution in [0, 0.1) is 0 Å². The highest BCUT2D eigenvalue weighted by molar-refractivity contribution is 5.77. The molecule has 3 atom stereocenters. The van der Waals surface area contributed by atoms with Gasteiger partial charge in [0, 0.05) is 6.42 Å². The van der Waals surface area contributed by atoms with Gasteiger partial charge in [0.1, 0.15) is 6.10 Å². The second-order valence-corrected chi connectivity index (χ2v) is 19.1. The summed E-state index contributed by atoms with van der Waals surface area (Å²) >= 11 is 0. The van der Waals surface area contributed by atoms with E-state index in [0.29, 0.717) is 19.3 Å². The average molecular weight is 923 g/mol. The third kappa shape index (κ3) is 47.8. The molecule has 0 saturated heterocycles. The first-order valence-corrected chi connectivity index (χ1v) is 28.2. The SMILES string of the molecule is CCC/C=C/C=C/C=C/C=C/C=C/CCCCCC(CC(=O)NC(CO)C(O)CCCCCCCCCCCCCCCCCC)OC(=O)CCCCCCCCC/C=C\CCCCCC. The lowest BCUT2D eigenvalue weighted by atomic mass is 10.0. The zero-order valence-corrected chi connectivity index (χ0v) is 43.6. The van der Waals surface area contributed by atoms with E-state index in [1.54, 1.807) is 0 Å². The number of allylic oxidation sites excluding steroid dienone is 12. The molecule has 0 saturated carbocycles. The molecule has 1 amide bonds. The predicted molar refractivity (Wildman–Crippen MR) is 287 cm³/mol. The number of aliphatic hydroxyl groups is 2. The predicted octanol–water partition coefficient (Wildman–Crippen LogP) is 17.3. The van der Waals surface area contributed by atoms with Crippen LogP contribution in [0.3, 0.4) is 0 Å². The van der Waals surface area contributed by atoms with Gasteiger partial charge in [-0.2, -0.15) is 0 Å². The fraction of sp³-hybridized carbons (Fsp3) is 0.767. The average Bonchev–Trinajstić information content (AvgIpc) is 3.31. The fourth-order valence-corrected chi connectivity index (χ4v) is 8.34. The zero-order valence-electron chi connectivity index (χ0n) is 43.6. The van der Waals surface area contributed by atoms with Crippen molar-refractivity contribution in [2.45, 2.75) is 289 Å². The molecule has 6 heteroatoms. The molecule has 0 heterocycles. The molecule has 3 unspecified atom stereocenters. The molecule has 0 aliphatic heterocycles. The normalized spacial score (nSPS) is 13.7. The van der Waals surface area contributed by atoms with Crippen LogP contribution in [-0.2, 0) is 14.3 Å². The number of aliphatic hydroxyl groups excluding tert-OH is 2. The monoisotopic (exact) mass is 922 g/mol. The Balaban J connectivity index is 4.64. The summed E-state index contributed by atoms with van der Waals surface area (Å²) < 4.78 is 5.93. The fourth-order valence-electron chi connectivity index (χ4n) is 8.34. The van der Waals surface area contributed by atoms with Crippen LogP contribution in [0.15, 0.2) is 72.9 Å². The van der Waals surface area contributed by atoms with Crippen LogP contribution in [0.25, 0.3) is 0 Å². The maximum atomic E-state index is 13.3. The molecule has 3 N–H and O–H groups in total. The number of rotatable bonds is 50. The van der Waals surface area contributed by atoms with Crippen molar-refractivity contribution >= 4 is 11.9 Å². The topological polar surface area (TPSA) is 95.9 Å². The molecule has 6 nitrogen and oxygen atoms in total. The van der Waals surface area contributed by atoms with E-state index >= 15 is 0 Å². The molecular formula is C60H107NO5. The number of amides is 1. The lowest BCUT2D eigenvalue weighted by Crippen LogP contribution is -2.46. The highest BCUT2D eigenvalue weighted by atomic mass is 16.5. The number of nitrogens with one attached hydrogen (secondary N) is 1. The zero-order chi connectivity index (χ0) is 48.1. The van der Waals surface area contributed by atoms with Crippen LogP contribution < -0.4 is 5.32 Å². The maximum absolute atomic E-state index is 13.3. The summed E-state index contributed by atoms with van der Waals surface area (Å²) in [5, 5.41) is 23.9. The number of hydrogen-bond acceptors (Lipinski definition) is 5. The first kappa shape index (κ1) is 63.3. The molecule has 0 aromatic heterocycles. The summed E-state index contributed by atoms with van der Waals surface area (Å²) in [4.78, 5) is 26.2. The van der Waals surface area contributed by atoms with Crippen molar-refractivity contribution in [2.24, 2.45) is 0 Å². The Labute approximate surface area is 409 Å². The van der Waals surface area contributed by atoms with Gasteiger partial charge in [-0.05, 0) is 70.6 Å². The van der Waals surface area contributed by atoms with Crippen LogP contribution >= 0.6 is 0 Å². The van der Waals surface area contributed by atoms with Gasteiger partial charge >= 0.3 is 5.97 Å². The van der Waals surface area contributed by atoms with Gasteiger partial charge in [-0.3, -0.25) is 9.59 Å².